The largest absolute Gasteiger partial charge is 0.375 e. The first-order chi connectivity index (χ1) is 13.6. The Bertz CT molecular complexity index is 463. The number of hydrogen-bond acceptors (Lipinski definition) is 3. The van der Waals surface area contributed by atoms with E-state index >= 15 is 8.78 Å². The molecular weight excluding hydrogens is 362 g/mol. The van der Waals surface area contributed by atoms with Gasteiger partial charge in [0.2, 0.25) is 0 Å². The molecule has 1 saturated heterocycles. The van der Waals surface area contributed by atoms with Crippen LogP contribution in [0.1, 0.15) is 85.0 Å². The lowest BCUT2D eigenvalue weighted by molar-refractivity contribution is -0.142. The molecule has 28 heavy (non-hydrogen) atoms. The summed E-state index contributed by atoms with van der Waals surface area (Å²) in [5.41, 5.74) is 0. The molecule has 1 heterocycles. The predicted molar refractivity (Wildman–Crippen MR) is 107 cm³/mol. The van der Waals surface area contributed by atoms with Gasteiger partial charge in [-0.1, -0.05) is 39.5 Å². The zero-order chi connectivity index (χ0) is 20.1. The quantitative estimate of drug-likeness (QED) is 0.433. The molecule has 9 atom stereocenters. The third kappa shape index (κ3) is 5.07. The maximum atomic E-state index is 15.3. The molecule has 1 aliphatic heterocycles. The summed E-state index contributed by atoms with van der Waals surface area (Å²) in [7, 11) is 0. The molecule has 0 N–H and O–H groups in total. The average Bonchev–Trinajstić information content (AvgIpc) is 3.06. The van der Waals surface area contributed by atoms with Crippen LogP contribution in [0.5, 0.6) is 0 Å². The molecule has 3 rings (SSSR count). The van der Waals surface area contributed by atoms with Crippen molar-refractivity contribution in [1.82, 2.24) is 0 Å². The minimum absolute atomic E-state index is 0.0697. The first kappa shape index (κ1) is 22.4. The van der Waals surface area contributed by atoms with Gasteiger partial charge < -0.3 is 14.2 Å². The fraction of sp³-hybridized carbons (Fsp3) is 1.00. The number of hydrogen-bond donors (Lipinski definition) is 0. The van der Waals surface area contributed by atoms with Gasteiger partial charge in [-0.2, -0.15) is 0 Å². The molecular formula is C23H40F2O3. The van der Waals surface area contributed by atoms with Gasteiger partial charge in [0.15, 0.2) is 12.3 Å². The second kappa shape index (κ2) is 10.7. The summed E-state index contributed by atoms with van der Waals surface area (Å²) in [4.78, 5) is 0. The van der Waals surface area contributed by atoms with Crippen LogP contribution in [0.2, 0.25) is 0 Å². The lowest BCUT2D eigenvalue weighted by Gasteiger charge is -2.38. The van der Waals surface area contributed by atoms with Gasteiger partial charge in [-0.15, -0.1) is 0 Å². The van der Waals surface area contributed by atoms with Gasteiger partial charge >= 0.3 is 0 Å². The summed E-state index contributed by atoms with van der Waals surface area (Å²) >= 11 is 0. The Morgan fingerprint density at radius 2 is 1.46 bits per heavy atom. The molecule has 2 aliphatic carbocycles. The van der Waals surface area contributed by atoms with Gasteiger partial charge in [0.1, 0.15) is 0 Å². The molecule has 9 unspecified atom stereocenters. The summed E-state index contributed by atoms with van der Waals surface area (Å²) < 4.78 is 48.2. The van der Waals surface area contributed by atoms with Crippen molar-refractivity contribution in [3.8, 4) is 0 Å². The normalized spacial score (nSPS) is 41.5. The summed E-state index contributed by atoms with van der Waals surface area (Å²) in [6.07, 6.45) is 5.63. The summed E-state index contributed by atoms with van der Waals surface area (Å²) in [5.74, 6) is 0.261. The van der Waals surface area contributed by atoms with Crippen LogP contribution in [0.15, 0.2) is 0 Å². The van der Waals surface area contributed by atoms with E-state index in [0.29, 0.717) is 6.61 Å². The highest BCUT2D eigenvalue weighted by Gasteiger charge is 2.57. The van der Waals surface area contributed by atoms with Gasteiger partial charge in [-0.25, -0.2) is 8.78 Å². The van der Waals surface area contributed by atoms with Gasteiger partial charge in [0.05, 0.1) is 30.5 Å². The van der Waals surface area contributed by atoms with Crippen molar-refractivity contribution in [3.05, 3.63) is 0 Å². The van der Waals surface area contributed by atoms with E-state index in [0.717, 1.165) is 51.4 Å². The summed E-state index contributed by atoms with van der Waals surface area (Å²) in [5, 5.41) is 0. The third-order valence-corrected chi connectivity index (χ3v) is 7.07. The lowest BCUT2D eigenvalue weighted by Crippen LogP contribution is -2.46. The topological polar surface area (TPSA) is 27.7 Å². The van der Waals surface area contributed by atoms with Crippen molar-refractivity contribution in [1.29, 1.82) is 0 Å². The fourth-order valence-electron chi connectivity index (χ4n) is 5.45. The van der Waals surface area contributed by atoms with Crippen molar-refractivity contribution in [2.45, 2.75) is 128 Å². The third-order valence-electron chi connectivity index (χ3n) is 7.07. The molecule has 164 valence electrons. The van der Waals surface area contributed by atoms with E-state index in [1.807, 2.05) is 6.92 Å². The molecule has 5 heteroatoms. The number of unbranched alkanes of at least 4 members (excludes halogenated alkanes) is 3. The van der Waals surface area contributed by atoms with E-state index in [9.17, 15) is 0 Å². The average molecular weight is 403 g/mol. The van der Waals surface area contributed by atoms with Crippen LogP contribution < -0.4 is 0 Å². The molecule has 0 radical (unpaired) electrons. The van der Waals surface area contributed by atoms with Crippen LogP contribution in [-0.2, 0) is 14.2 Å². The first-order valence-corrected chi connectivity index (χ1v) is 11.8. The van der Waals surface area contributed by atoms with E-state index in [2.05, 4.69) is 13.8 Å². The van der Waals surface area contributed by atoms with Crippen molar-refractivity contribution in [2.75, 3.05) is 6.61 Å². The Hall–Kier alpha value is -0.260. The van der Waals surface area contributed by atoms with E-state index in [1.165, 1.54) is 12.8 Å². The zero-order valence-corrected chi connectivity index (χ0v) is 18.0. The molecule has 3 aliphatic rings. The Balaban J connectivity index is 1.53. The van der Waals surface area contributed by atoms with Gasteiger partial charge in [-0.3, -0.25) is 0 Å². The lowest BCUT2D eigenvalue weighted by atomic mass is 9.71. The Kier molecular flexibility index (Phi) is 8.55. The highest BCUT2D eigenvalue weighted by molar-refractivity contribution is 5.04. The van der Waals surface area contributed by atoms with Crippen molar-refractivity contribution in [2.24, 2.45) is 11.8 Å². The smallest absolute Gasteiger partial charge is 0.152 e. The van der Waals surface area contributed by atoms with Crippen LogP contribution in [0.25, 0.3) is 0 Å². The summed E-state index contributed by atoms with van der Waals surface area (Å²) in [6.45, 7) is 6.92. The van der Waals surface area contributed by atoms with Crippen molar-refractivity contribution < 1.29 is 23.0 Å². The number of fused-ring (bicyclic) bond motifs is 3. The Morgan fingerprint density at radius 3 is 2.11 bits per heavy atom. The Labute approximate surface area is 169 Å². The van der Waals surface area contributed by atoms with Crippen molar-refractivity contribution >= 4 is 0 Å². The van der Waals surface area contributed by atoms with Crippen LogP contribution in [0, 0.1) is 11.8 Å². The fourth-order valence-corrected chi connectivity index (χ4v) is 5.45. The van der Waals surface area contributed by atoms with Crippen LogP contribution >= 0.6 is 0 Å². The van der Waals surface area contributed by atoms with Crippen molar-refractivity contribution in [3.63, 3.8) is 0 Å². The molecule has 0 aromatic rings. The van der Waals surface area contributed by atoms with Gasteiger partial charge in [0, 0.05) is 6.61 Å². The predicted octanol–water partition coefficient (Wildman–Crippen LogP) is 5.79. The number of alkyl halides is 2. The first-order valence-electron chi connectivity index (χ1n) is 11.8. The molecule has 3 nitrogen and oxygen atoms in total. The maximum Gasteiger partial charge on any atom is 0.152 e. The molecule has 2 saturated carbocycles. The van der Waals surface area contributed by atoms with E-state index < -0.39 is 36.8 Å². The van der Waals surface area contributed by atoms with Crippen LogP contribution in [-0.4, -0.2) is 49.5 Å². The summed E-state index contributed by atoms with van der Waals surface area (Å²) in [6, 6.07) is 0. The standard InChI is InChI=1S/C23H40F2O3/c1-4-6-8-9-15(3)27-19-13-11-17-16-10-12-18(26-14-7-5-2)20(24)22(16)28-23(17)21(19)25/h15-23H,4-14H2,1-3H3. The molecule has 0 aromatic carbocycles. The second-order valence-electron chi connectivity index (χ2n) is 9.18. The number of halogens is 2. The molecule has 0 amide bonds. The maximum absolute atomic E-state index is 15.3. The van der Waals surface area contributed by atoms with Gasteiger partial charge in [-0.05, 0) is 57.3 Å². The Morgan fingerprint density at radius 1 is 0.857 bits per heavy atom. The van der Waals surface area contributed by atoms with Crippen LogP contribution in [0.4, 0.5) is 8.78 Å². The van der Waals surface area contributed by atoms with E-state index in [1.54, 1.807) is 0 Å². The number of rotatable bonds is 10. The molecule has 0 aromatic heterocycles. The van der Waals surface area contributed by atoms with E-state index in [-0.39, 0.29) is 17.9 Å². The van der Waals surface area contributed by atoms with E-state index in [4.69, 9.17) is 14.2 Å². The molecule has 3 fully saturated rings. The van der Waals surface area contributed by atoms with Gasteiger partial charge in [0.25, 0.3) is 0 Å². The zero-order valence-electron chi connectivity index (χ0n) is 18.0. The minimum atomic E-state index is -1.15. The van der Waals surface area contributed by atoms with Crippen LogP contribution in [0.3, 0.4) is 0 Å². The number of ether oxygens (including phenoxy) is 3. The highest BCUT2D eigenvalue weighted by atomic mass is 19.1. The molecule has 0 spiro atoms. The monoisotopic (exact) mass is 402 g/mol. The SMILES string of the molecule is CCCCCC(C)OC1CCC2C3CCC(OCCCC)C(F)C3OC2C1F. The minimum Gasteiger partial charge on any atom is -0.375 e. The second-order valence-corrected chi connectivity index (χ2v) is 9.18. The highest BCUT2D eigenvalue weighted by Crippen LogP contribution is 2.50. The molecule has 0 bridgehead atoms.